The van der Waals surface area contributed by atoms with E-state index >= 15 is 0 Å². The highest BCUT2D eigenvalue weighted by Gasteiger charge is 2.43. The molecule has 2 fully saturated rings. The number of fused-ring (bicyclic) bond motifs is 1. The van der Waals surface area contributed by atoms with Crippen LogP contribution in [0.3, 0.4) is 0 Å². The number of aromatic nitrogens is 3. The Morgan fingerprint density at radius 3 is 3.12 bits per heavy atom. The fraction of sp³-hybridized carbons (Fsp3) is 0.444. The summed E-state index contributed by atoms with van der Waals surface area (Å²) < 4.78 is 5.36. The molecule has 5 rings (SSSR count). The van der Waals surface area contributed by atoms with E-state index in [1.165, 1.54) is 10.9 Å². The second-order valence-corrected chi connectivity index (χ2v) is 7.12. The number of aromatic amines is 1. The number of benzene rings is 1. The minimum atomic E-state index is -1.02. The van der Waals surface area contributed by atoms with Crippen LogP contribution >= 0.6 is 0 Å². The molecule has 1 atom stereocenters. The first-order valence-corrected chi connectivity index (χ1v) is 8.54. The summed E-state index contributed by atoms with van der Waals surface area (Å²) in [5, 5.41) is 16.2. The summed E-state index contributed by atoms with van der Waals surface area (Å²) in [4.78, 5) is 9.93. The van der Waals surface area contributed by atoms with Crippen LogP contribution in [0.25, 0.3) is 10.9 Å². The Hall–Kier alpha value is -2.18. The van der Waals surface area contributed by atoms with Crippen molar-refractivity contribution in [1.29, 1.82) is 0 Å². The first-order valence-electron chi connectivity index (χ1n) is 8.54. The number of aliphatic hydroxyl groups is 1. The van der Waals surface area contributed by atoms with Crippen LogP contribution in [0.2, 0.25) is 0 Å². The van der Waals surface area contributed by atoms with Crippen LogP contribution in [-0.2, 0) is 12.1 Å². The highest BCUT2D eigenvalue weighted by molar-refractivity contribution is 5.79. The molecule has 6 nitrogen and oxygen atoms in total. The number of likely N-dealkylation sites (tertiary alicyclic amines) is 1. The SMILES string of the molecule is OC1(c2nc(C3CC3)no2)CCN(Cc2ccc3cc[nH]c3c2)C1. The van der Waals surface area contributed by atoms with Crippen molar-refractivity contribution in [2.24, 2.45) is 0 Å². The minimum Gasteiger partial charge on any atom is -0.379 e. The predicted molar refractivity (Wildman–Crippen MR) is 88.4 cm³/mol. The summed E-state index contributed by atoms with van der Waals surface area (Å²) in [6.07, 6.45) is 4.84. The van der Waals surface area contributed by atoms with Gasteiger partial charge in [0.2, 0.25) is 0 Å². The van der Waals surface area contributed by atoms with Gasteiger partial charge in [0.15, 0.2) is 11.4 Å². The van der Waals surface area contributed by atoms with Crippen molar-refractivity contribution >= 4 is 10.9 Å². The van der Waals surface area contributed by atoms with E-state index in [4.69, 9.17) is 4.52 Å². The molecule has 1 saturated heterocycles. The van der Waals surface area contributed by atoms with Gasteiger partial charge in [0, 0.05) is 37.3 Å². The third-order valence-corrected chi connectivity index (χ3v) is 5.13. The maximum atomic E-state index is 10.9. The third kappa shape index (κ3) is 2.42. The van der Waals surface area contributed by atoms with Crippen molar-refractivity contribution in [3.05, 3.63) is 47.7 Å². The van der Waals surface area contributed by atoms with E-state index in [9.17, 15) is 5.11 Å². The van der Waals surface area contributed by atoms with Gasteiger partial charge in [-0.15, -0.1) is 0 Å². The normalized spacial score (nSPS) is 24.9. The second-order valence-electron chi connectivity index (χ2n) is 7.12. The quantitative estimate of drug-likeness (QED) is 0.771. The Labute approximate surface area is 139 Å². The molecule has 6 heteroatoms. The lowest BCUT2D eigenvalue weighted by molar-refractivity contribution is 0.0131. The van der Waals surface area contributed by atoms with Gasteiger partial charge in [-0.2, -0.15) is 4.98 Å². The lowest BCUT2D eigenvalue weighted by Crippen LogP contribution is -2.31. The second kappa shape index (κ2) is 5.16. The summed E-state index contributed by atoms with van der Waals surface area (Å²) >= 11 is 0. The molecule has 124 valence electrons. The van der Waals surface area contributed by atoms with Crippen molar-refractivity contribution in [2.75, 3.05) is 13.1 Å². The van der Waals surface area contributed by atoms with E-state index in [-0.39, 0.29) is 0 Å². The zero-order valence-electron chi connectivity index (χ0n) is 13.4. The van der Waals surface area contributed by atoms with Gasteiger partial charge in [0.05, 0.1) is 0 Å². The van der Waals surface area contributed by atoms with Crippen LogP contribution in [0.15, 0.2) is 35.0 Å². The molecule has 24 heavy (non-hydrogen) atoms. The fourth-order valence-corrected chi connectivity index (χ4v) is 3.56. The first-order chi connectivity index (χ1) is 11.7. The standard InChI is InChI=1S/C18H20N4O2/c23-18(17-20-16(21-24-17)14-3-4-14)6-8-22(11-18)10-12-1-2-13-5-7-19-15(13)9-12/h1-2,5,7,9,14,19,23H,3-4,6,8,10-11H2. The van der Waals surface area contributed by atoms with E-state index in [2.05, 4.69) is 44.3 Å². The van der Waals surface area contributed by atoms with Crippen LogP contribution in [0.5, 0.6) is 0 Å². The summed E-state index contributed by atoms with van der Waals surface area (Å²) in [7, 11) is 0. The number of hydrogen-bond acceptors (Lipinski definition) is 5. The predicted octanol–water partition coefficient (Wildman–Crippen LogP) is 2.52. The molecular weight excluding hydrogens is 304 g/mol. The number of β-amino-alcohol motifs (C(OH)–C–C–N with tert-alkyl or cyclic N) is 1. The lowest BCUT2D eigenvalue weighted by atomic mass is 10.0. The van der Waals surface area contributed by atoms with Gasteiger partial charge in [0.1, 0.15) is 0 Å². The number of nitrogens with one attached hydrogen (secondary N) is 1. The Kier molecular flexibility index (Phi) is 3.05. The van der Waals surface area contributed by atoms with Crippen LogP contribution < -0.4 is 0 Å². The van der Waals surface area contributed by atoms with Crippen molar-refractivity contribution in [3.63, 3.8) is 0 Å². The van der Waals surface area contributed by atoms with Crippen molar-refractivity contribution in [2.45, 2.75) is 37.3 Å². The number of nitrogens with zero attached hydrogens (tertiary/aromatic N) is 3. The van der Waals surface area contributed by atoms with E-state index in [1.807, 2.05) is 6.20 Å². The maximum absolute atomic E-state index is 10.9. The lowest BCUT2D eigenvalue weighted by Gasteiger charge is -2.19. The zero-order chi connectivity index (χ0) is 16.1. The van der Waals surface area contributed by atoms with Gasteiger partial charge in [-0.1, -0.05) is 17.3 Å². The van der Waals surface area contributed by atoms with Gasteiger partial charge in [0.25, 0.3) is 5.89 Å². The maximum Gasteiger partial charge on any atom is 0.260 e. The zero-order valence-corrected chi connectivity index (χ0v) is 13.4. The molecule has 2 N–H and O–H groups in total. The first kappa shape index (κ1) is 14.2. The Bertz CT molecular complexity index is 882. The Morgan fingerprint density at radius 2 is 2.25 bits per heavy atom. The fourth-order valence-electron chi connectivity index (χ4n) is 3.56. The van der Waals surface area contributed by atoms with Crippen molar-refractivity contribution < 1.29 is 9.63 Å². The van der Waals surface area contributed by atoms with Gasteiger partial charge < -0.3 is 14.6 Å². The minimum absolute atomic E-state index is 0.381. The molecule has 0 amide bonds. The molecule has 2 aromatic heterocycles. The molecule has 3 heterocycles. The van der Waals surface area contributed by atoms with Crippen LogP contribution in [0, 0.1) is 0 Å². The van der Waals surface area contributed by atoms with E-state index in [0.717, 1.165) is 37.3 Å². The average Bonchev–Trinajstić information content (AvgIpc) is 3.00. The molecule has 1 aliphatic carbocycles. The molecule has 1 unspecified atom stereocenters. The van der Waals surface area contributed by atoms with Crippen LogP contribution in [0.4, 0.5) is 0 Å². The topological polar surface area (TPSA) is 78.2 Å². The number of H-pyrrole nitrogens is 1. The van der Waals surface area contributed by atoms with Crippen LogP contribution in [-0.4, -0.2) is 38.2 Å². The van der Waals surface area contributed by atoms with E-state index < -0.39 is 5.60 Å². The molecule has 0 radical (unpaired) electrons. The molecular formula is C18H20N4O2. The molecule has 1 aliphatic heterocycles. The molecule has 1 saturated carbocycles. The highest BCUT2D eigenvalue weighted by atomic mass is 16.5. The Balaban J connectivity index is 1.31. The molecule has 0 bridgehead atoms. The van der Waals surface area contributed by atoms with Crippen LogP contribution in [0.1, 0.15) is 42.5 Å². The third-order valence-electron chi connectivity index (χ3n) is 5.13. The molecule has 3 aromatic rings. The molecule has 2 aliphatic rings. The molecule has 0 spiro atoms. The largest absolute Gasteiger partial charge is 0.379 e. The smallest absolute Gasteiger partial charge is 0.260 e. The van der Waals surface area contributed by atoms with Gasteiger partial charge >= 0.3 is 0 Å². The van der Waals surface area contributed by atoms with E-state index in [1.54, 1.807) is 0 Å². The monoisotopic (exact) mass is 324 g/mol. The summed E-state index contributed by atoms with van der Waals surface area (Å²) in [5.41, 5.74) is 1.36. The van der Waals surface area contributed by atoms with Gasteiger partial charge in [-0.05, 0) is 42.3 Å². The van der Waals surface area contributed by atoms with Gasteiger partial charge in [-0.25, -0.2) is 0 Å². The number of hydrogen-bond donors (Lipinski definition) is 2. The summed E-state index contributed by atoms with van der Waals surface area (Å²) in [6.45, 7) is 2.16. The summed E-state index contributed by atoms with van der Waals surface area (Å²) in [5.74, 6) is 1.58. The van der Waals surface area contributed by atoms with Crippen molar-refractivity contribution in [3.8, 4) is 0 Å². The Morgan fingerprint density at radius 1 is 1.33 bits per heavy atom. The summed E-state index contributed by atoms with van der Waals surface area (Å²) in [6, 6.07) is 8.51. The average molecular weight is 324 g/mol. The van der Waals surface area contributed by atoms with Crippen molar-refractivity contribution in [1.82, 2.24) is 20.0 Å². The number of rotatable bonds is 4. The van der Waals surface area contributed by atoms with Gasteiger partial charge in [-0.3, -0.25) is 4.90 Å². The highest BCUT2D eigenvalue weighted by Crippen LogP contribution is 2.40. The van der Waals surface area contributed by atoms with E-state index in [0.29, 0.717) is 24.8 Å². The molecule has 1 aromatic carbocycles.